The molecule has 0 aliphatic carbocycles. The molecule has 0 aliphatic rings. The van der Waals surface area contributed by atoms with Crippen LogP contribution in [0.1, 0.15) is 42.5 Å². The third-order valence-electron chi connectivity index (χ3n) is 4.20. The molecule has 1 amide bonds. The third-order valence-corrected chi connectivity index (χ3v) is 4.20. The van der Waals surface area contributed by atoms with Crippen LogP contribution in [0.15, 0.2) is 48.5 Å². The zero-order chi connectivity index (χ0) is 18.2. The molecule has 0 saturated heterocycles. The van der Waals surface area contributed by atoms with Crippen molar-refractivity contribution in [1.29, 1.82) is 0 Å². The van der Waals surface area contributed by atoms with Crippen LogP contribution in [0.3, 0.4) is 0 Å². The minimum Gasteiger partial charge on any atom is -0.366 e. The highest BCUT2D eigenvalue weighted by molar-refractivity contribution is 5.93. The number of H-pyrrole nitrogens is 1. The number of hydrogen-bond acceptors (Lipinski definition) is 2. The van der Waals surface area contributed by atoms with Crippen molar-refractivity contribution in [2.24, 2.45) is 5.73 Å². The van der Waals surface area contributed by atoms with Crippen molar-refractivity contribution >= 4 is 5.91 Å². The first-order chi connectivity index (χ1) is 11.8. The van der Waals surface area contributed by atoms with Gasteiger partial charge in [0.2, 0.25) is 5.91 Å². The van der Waals surface area contributed by atoms with Gasteiger partial charge in [0.05, 0.1) is 11.4 Å². The van der Waals surface area contributed by atoms with Gasteiger partial charge in [0, 0.05) is 22.1 Å². The Kier molecular flexibility index (Phi) is 4.21. The summed E-state index contributed by atoms with van der Waals surface area (Å²) >= 11 is 0. The maximum atomic E-state index is 11.3. The number of carbonyl (C=O) groups is 1. The van der Waals surface area contributed by atoms with E-state index in [2.05, 4.69) is 56.9 Å². The lowest BCUT2D eigenvalue weighted by molar-refractivity contribution is 0.100. The second-order valence-corrected chi connectivity index (χ2v) is 7.37. The average Bonchev–Trinajstić information content (AvgIpc) is 3.01. The zero-order valence-corrected chi connectivity index (χ0v) is 15.1. The molecule has 1 aromatic heterocycles. The van der Waals surface area contributed by atoms with Crippen LogP contribution in [0.4, 0.5) is 0 Å². The maximum Gasteiger partial charge on any atom is 0.248 e. The number of rotatable bonds is 3. The summed E-state index contributed by atoms with van der Waals surface area (Å²) in [5, 5.41) is 0. The van der Waals surface area contributed by atoms with Crippen LogP contribution in [0.25, 0.3) is 22.5 Å². The number of carbonyl (C=O) groups excluding carboxylic acids is 1. The monoisotopic (exact) mass is 333 g/mol. The van der Waals surface area contributed by atoms with Crippen molar-refractivity contribution in [2.45, 2.75) is 33.1 Å². The fourth-order valence-corrected chi connectivity index (χ4v) is 2.66. The van der Waals surface area contributed by atoms with E-state index in [1.165, 1.54) is 5.56 Å². The molecular weight excluding hydrogens is 310 g/mol. The normalized spacial score (nSPS) is 11.5. The molecule has 3 aromatic rings. The highest BCUT2D eigenvalue weighted by Gasteiger charge is 2.22. The van der Waals surface area contributed by atoms with Crippen LogP contribution < -0.4 is 5.73 Å². The molecule has 0 spiro atoms. The van der Waals surface area contributed by atoms with Gasteiger partial charge in [0.1, 0.15) is 5.82 Å². The second kappa shape index (κ2) is 6.20. The van der Waals surface area contributed by atoms with E-state index in [4.69, 9.17) is 10.7 Å². The summed E-state index contributed by atoms with van der Waals surface area (Å²) < 4.78 is 0. The van der Waals surface area contributed by atoms with Crippen molar-refractivity contribution < 1.29 is 4.79 Å². The molecule has 3 N–H and O–H groups in total. The number of imidazole rings is 1. The predicted molar refractivity (Wildman–Crippen MR) is 101 cm³/mol. The van der Waals surface area contributed by atoms with Gasteiger partial charge in [0.25, 0.3) is 0 Å². The number of aryl methyl sites for hydroxylation is 1. The van der Waals surface area contributed by atoms with E-state index in [0.717, 1.165) is 28.3 Å². The van der Waals surface area contributed by atoms with Crippen molar-refractivity contribution in [3.63, 3.8) is 0 Å². The molecule has 4 nitrogen and oxygen atoms in total. The zero-order valence-electron chi connectivity index (χ0n) is 15.1. The Morgan fingerprint density at radius 3 is 2.04 bits per heavy atom. The maximum absolute atomic E-state index is 11.3. The van der Waals surface area contributed by atoms with E-state index in [9.17, 15) is 4.79 Å². The first-order valence-electron chi connectivity index (χ1n) is 8.33. The van der Waals surface area contributed by atoms with Gasteiger partial charge in [-0.1, -0.05) is 62.7 Å². The number of aromatic nitrogens is 2. The number of nitrogens with two attached hydrogens (primary N) is 1. The van der Waals surface area contributed by atoms with Gasteiger partial charge in [-0.3, -0.25) is 4.79 Å². The summed E-state index contributed by atoms with van der Waals surface area (Å²) in [6.45, 7) is 8.46. The van der Waals surface area contributed by atoms with E-state index in [-0.39, 0.29) is 5.41 Å². The molecule has 0 bridgehead atoms. The summed E-state index contributed by atoms with van der Waals surface area (Å²) in [5.74, 6) is 0.500. The van der Waals surface area contributed by atoms with Crippen LogP contribution in [0.5, 0.6) is 0 Å². The van der Waals surface area contributed by atoms with E-state index in [1.54, 1.807) is 12.1 Å². The van der Waals surface area contributed by atoms with Crippen LogP contribution in [-0.2, 0) is 5.41 Å². The van der Waals surface area contributed by atoms with Crippen LogP contribution in [0.2, 0.25) is 0 Å². The minimum atomic E-state index is -0.428. The van der Waals surface area contributed by atoms with Gasteiger partial charge < -0.3 is 10.7 Å². The van der Waals surface area contributed by atoms with Crippen LogP contribution in [-0.4, -0.2) is 15.9 Å². The smallest absolute Gasteiger partial charge is 0.248 e. The van der Waals surface area contributed by atoms with Crippen molar-refractivity contribution in [1.82, 2.24) is 9.97 Å². The van der Waals surface area contributed by atoms with Gasteiger partial charge in [-0.25, -0.2) is 4.98 Å². The predicted octanol–water partition coefficient (Wildman–Crippen LogP) is 4.45. The summed E-state index contributed by atoms with van der Waals surface area (Å²) in [5.41, 5.74) is 10.9. The molecule has 3 rings (SSSR count). The van der Waals surface area contributed by atoms with Crippen LogP contribution >= 0.6 is 0 Å². The minimum absolute atomic E-state index is 0.0924. The lowest BCUT2D eigenvalue weighted by Gasteiger charge is -2.14. The molecule has 1 heterocycles. The Hall–Kier alpha value is -2.88. The van der Waals surface area contributed by atoms with Crippen molar-refractivity contribution in [3.05, 3.63) is 65.5 Å². The van der Waals surface area contributed by atoms with Gasteiger partial charge in [0.15, 0.2) is 0 Å². The topological polar surface area (TPSA) is 71.8 Å². The lowest BCUT2D eigenvalue weighted by atomic mass is 9.96. The average molecular weight is 333 g/mol. The van der Waals surface area contributed by atoms with E-state index < -0.39 is 5.91 Å². The quantitative estimate of drug-likeness (QED) is 0.743. The Bertz CT molecular complexity index is 898. The SMILES string of the molecule is Cc1ccc(-c2[nH]c(C(C)(C)C)nc2-c2ccc(C(N)=O)cc2)cc1. The van der Waals surface area contributed by atoms with Gasteiger partial charge in [-0.2, -0.15) is 0 Å². The Morgan fingerprint density at radius 1 is 0.960 bits per heavy atom. The Labute approximate surface area is 148 Å². The van der Waals surface area contributed by atoms with E-state index >= 15 is 0 Å². The summed E-state index contributed by atoms with van der Waals surface area (Å²) in [7, 11) is 0. The summed E-state index contributed by atoms with van der Waals surface area (Å²) in [4.78, 5) is 19.6. The summed E-state index contributed by atoms with van der Waals surface area (Å²) in [6.07, 6.45) is 0. The Morgan fingerprint density at radius 2 is 1.52 bits per heavy atom. The van der Waals surface area contributed by atoms with E-state index in [0.29, 0.717) is 5.56 Å². The number of primary amides is 1. The summed E-state index contributed by atoms with van der Waals surface area (Å²) in [6, 6.07) is 15.6. The molecule has 0 fully saturated rings. The number of nitrogens with zero attached hydrogens (tertiary/aromatic N) is 1. The van der Waals surface area contributed by atoms with Crippen LogP contribution in [0, 0.1) is 6.92 Å². The number of benzene rings is 2. The molecule has 0 unspecified atom stereocenters. The molecule has 25 heavy (non-hydrogen) atoms. The number of hydrogen-bond donors (Lipinski definition) is 2. The fraction of sp³-hybridized carbons (Fsp3) is 0.238. The number of aromatic amines is 1. The standard InChI is InChI=1S/C21H23N3O/c1-13-5-7-14(8-6-13)17-18(24-20(23-17)21(2,3)4)15-9-11-16(12-10-15)19(22)25/h5-12H,1-4H3,(H2,22,25)(H,23,24). The Balaban J connectivity index is 2.15. The van der Waals surface area contributed by atoms with Gasteiger partial charge in [-0.15, -0.1) is 0 Å². The largest absolute Gasteiger partial charge is 0.366 e. The first-order valence-corrected chi connectivity index (χ1v) is 8.33. The van der Waals surface area contributed by atoms with Gasteiger partial charge in [-0.05, 0) is 19.1 Å². The third kappa shape index (κ3) is 3.48. The fourth-order valence-electron chi connectivity index (χ4n) is 2.66. The number of amides is 1. The van der Waals surface area contributed by atoms with Crippen molar-refractivity contribution in [3.8, 4) is 22.5 Å². The molecule has 4 heteroatoms. The molecule has 128 valence electrons. The molecular formula is C21H23N3O. The molecule has 0 saturated carbocycles. The second-order valence-electron chi connectivity index (χ2n) is 7.37. The molecule has 0 atom stereocenters. The van der Waals surface area contributed by atoms with E-state index in [1.807, 2.05) is 12.1 Å². The molecule has 2 aromatic carbocycles. The highest BCUT2D eigenvalue weighted by atomic mass is 16.1. The van der Waals surface area contributed by atoms with Gasteiger partial charge >= 0.3 is 0 Å². The molecule has 0 aliphatic heterocycles. The van der Waals surface area contributed by atoms with Crippen molar-refractivity contribution in [2.75, 3.05) is 0 Å². The highest BCUT2D eigenvalue weighted by Crippen LogP contribution is 2.33. The number of nitrogens with one attached hydrogen (secondary N) is 1. The first kappa shape index (κ1) is 17.0. The molecule has 0 radical (unpaired) electrons. The lowest BCUT2D eigenvalue weighted by Crippen LogP contribution is -2.13.